The lowest BCUT2D eigenvalue weighted by Gasteiger charge is -2.27. The van der Waals surface area contributed by atoms with Crippen LogP contribution in [0.25, 0.3) is 0 Å². The number of aromatic nitrogens is 4. The molecule has 0 radical (unpaired) electrons. The molecule has 1 unspecified atom stereocenters. The Morgan fingerprint density at radius 1 is 1.38 bits per heavy atom. The molecule has 0 fully saturated rings. The van der Waals surface area contributed by atoms with Crippen molar-refractivity contribution in [2.75, 3.05) is 12.4 Å². The number of fused-ring (bicyclic) bond motifs is 1. The number of aromatic hydroxyl groups is 1. The van der Waals surface area contributed by atoms with Crippen molar-refractivity contribution in [3.63, 3.8) is 0 Å². The van der Waals surface area contributed by atoms with Crippen LogP contribution in [0.15, 0.2) is 35.5 Å². The van der Waals surface area contributed by atoms with Crippen molar-refractivity contribution in [3.05, 3.63) is 41.1 Å². The van der Waals surface area contributed by atoms with Crippen molar-refractivity contribution >= 4 is 11.9 Å². The summed E-state index contributed by atoms with van der Waals surface area (Å²) >= 11 is 0. The molecule has 0 saturated carbocycles. The molecule has 0 saturated heterocycles. The van der Waals surface area contributed by atoms with Gasteiger partial charge in [0, 0.05) is 12.7 Å². The number of hydrogen-bond donors (Lipinski definition) is 3. The Labute approximate surface area is 120 Å². The first-order valence-corrected chi connectivity index (χ1v) is 6.38. The smallest absolute Gasteiger partial charge is 0.251 e. The van der Waals surface area contributed by atoms with Gasteiger partial charge in [0.15, 0.2) is 0 Å². The number of anilines is 1. The maximum Gasteiger partial charge on any atom is 0.251 e. The first-order valence-electron chi connectivity index (χ1n) is 6.38. The third-order valence-corrected chi connectivity index (χ3v) is 3.39. The van der Waals surface area contributed by atoms with Crippen molar-refractivity contribution in [2.45, 2.75) is 13.0 Å². The van der Waals surface area contributed by atoms with Crippen LogP contribution in [0, 0.1) is 0 Å². The third-order valence-electron chi connectivity index (χ3n) is 3.39. The van der Waals surface area contributed by atoms with Gasteiger partial charge in [0.1, 0.15) is 11.8 Å². The van der Waals surface area contributed by atoms with E-state index in [1.54, 1.807) is 42.9 Å². The highest BCUT2D eigenvalue weighted by molar-refractivity contribution is 5.96. The Kier molecular flexibility index (Phi) is 3.05. The van der Waals surface area contributed by atoms with Crippen molar-refractivity contribution < 1.29 is 9.90 Å². The number of allylic oxidation sites excluding steroid dienone is 1. The van der Waals surface area contributed by atoms with E-state index >= 15 is 0 Å². The Balaban J connectivity index is 2.17. The number of carbonyl (C=O) groups is 1. The maximum absolute atomic E-state index is 12.2. The van der Waals surface area contributed by atoms with E-state index in [4.69, 9.17) is 0 Å². The average Bonchev–Trinajstić information content (AvgIpc) is 2.94. The number of hydrogen-bond acceptors (Lipinski definition) is 6. The SMILES string of the molecule is CNC(=O)C1=C(C)Nc2nnnn2C1c1ccc(O)cc1. The number of phenolic OH excluding ortho intramolecular Hbond substituents is 1. The summed E-state index contributed by atoms with van der Waals surface area (Å²) in [7, 11) is 1.58. The van der Waals surface area contributed by atoms with Gasteiger partial charge in [-0.15, -0.1) is 0 Å². The quantitative estimate of drug-likeness (QED) is 0.738. The second kappa shape index (κ2) is 4.89. The topological polar surface area (TPSA) is 105 Å². The molecular weight excluding hydrogens is 272 g/mol. The summed E-state index contributed by atoms with van der Waals surface area (Å²) in [4.78, 5) is 12.2. The standard InChI is InChI=1S/C13H14N6O2/c1-7-10(12(21)14-2)11(8-3-5-9(20)6-4-8)19-13(15-7)16-17-18-19/h3-6,11,20H,1-2H3,(H,14,21)(H,15,16,18). The zero-order valence-corrected chi connectivity index (χ0v) is 11.5. The van der Waals surface area contributed by atoms with Crippen LogP contribution in [0.2, 0.25) is 0 Å². The second-order valence-corrected chi connectivity index (χ2v) is 4.68. The fourth-order valence-corrected chi connectivity index (χ4v) is 2.41. The van der Waals surface area contributed by atoms with Gasteiger partial charge in [-0.3, -0.25) is 4.79 Å². The predicted octanol–water partition coefficient (Wildman–Crippen LogP) is 0.414. The second-order valence-electron chi connectivity index (χ2n) is 4.68. The van der Waals surface area contributed by atoms with Crippen LogP contribution in [0.4, 0.5) is 5.95 Å². The Hall–Kier alpha value is -2.90. The molecule has 2 aromatic rings. The summed E-state index contributed by atoms with van der Waals surface area (Å²) in [6.45, 7) is 1.80. The zero-order chi connectivity index (χ0) is 15.0. The summed E-state index contributed by atoms with van der Waals surface area (Å²) in [5.74, 6) is 0.421. The molecular formula is C13H14N6O2. The van der Waals surface area contributed by atoms with Gasteiger partial charge in [-0.1, -0.05) is 17.2 Å². The molecule has 3 N–H and O–H groups in total. The fourth-order valence-electron chi connectivity index (χ4n) is 2.41. The van der Waals surface area contributed by atoms with Crippen LogP contribution >= 0.6 is 0 Å². The van der Waals surface area contributed by atoms with Gasteiger partial charge in [-0.2, -0.15) is 4.68 Å². The van der Waals surface area contributed by atoms with Crippen LogP contribution in [-0.4, -0.2) is 38.3 Å². The molecule has 3 rings (SSSR count). The number of tetrazole rings is 1. The minimum atomic E-state index is -0.447. The van der Waals surface area contributed by atoms with Crippen molar-refractivity contribution in [2.24, 2.45) is 0 Å². The van der Waals surface area contributed by atoms with Gasteiger partial charge < -0.3 is 15.7 Å². The van der Waals surface area contributed by atoms with Crippen molar-refractivity contribution in [1.29, 1.82) is 0 Å². The van der Waals surface area contributed by atoms with Gasteiger partial charge in [-0.05, 0) is 35.0 Å². The van der Waals surface area contributed by atoms with Crippen LogP contribution in [0.3, 0.4) is 0 Å². The number of carbonyl (C=O) groups excluding carboxylic acids is 1. The van der Waals surface area contributed by atoms with E-state index in [0.717, 1.165) is 5.56 Å². The molecule has 2 heterocycles. The molecule has 1 aromatic heterocycles. The minimum Gasteiger partial charge on any atom is -0.508 e. The zero-order valence-electron chi connectivity index (χ0n) is 11.5. The van der Waals surface area contributed by atoms with E-state index in [2.05, 4.69) is 26.2 Å². The third kappa shape index (κ3) is 2.10. The molecule has 1 aromatic carbocycles. The van der Waals surface area contributed by atoms with Gasteiger partial charge in [0.2, 0.25) is 5.95 Å². The van der Waals surface area contributed by atoms with E-state index < -0.39 is 6.04 Å². The highest BCUT2D eigenvalue weighted by Crippen LogP contribution is 2.34. The van der Waals surface area contributed by atoms with E-state index in [-0.39, 0.29) is 11.7 Å². The Bertz CT molecular complexity index is 719. The summed E-state index contributed by atoms with van der Waals surface area (Å²) in [6.07, 6.45) is 0. The highest BCUT2D eigenvalue weighted by Gasteiger charge is 2.33. The number of benzene rings is 1. The molecule has 8 nitrogen and oxygen atoms in total. The number of likely N-dealkylation sites (N-methyl/N-ethyl adjacent to an activating group) is 1. The molecule has 1 atom stereocenters. The molecule has 8 heteroatoms. The summed E-state index contributed by atoms with van der Waals surface area (Å²) in [5.41, 5.74) is 2.03. The molecule has 0 spiro atoms. The van der Waals surface area contributed by atoms with Crippen molar-refractivity contribution in [3.8, 4) is 5.75 Å². The number of nitrogens with one attached hydrogen (secondary N) is 2. The molecule has 108 valence electrons. The molecule has 0 aliphatic carbocycles. The fraction of sp³-hybridized carbons (Fsp3) is 0.231. The molecule has 1 aliphatic heterocycles. The van der Waals surface area contributed by atoms with Crippen LogP contribution < -0.4 is 10.6 Å². The summed E-state index contributed by atoms with van der Waals surface area (Å²) in [5, 5.41) is 26.6. The predicted molar refractivity (Wildman–Crippen MR) is 74.5 cm³/mol. The molecule has 1 aliphatic rings. The lowest BCUT2D eigenvalue weighted by molar-refractivity contribution is -0.117. The Morgan fingerprint density at radius 3 is 2.76 bits per heavy atom. The van der Waals surface area contributed by atoms with Gasteiger partial charge >= 0.3 is 0 Å². The van der Waals surface area contributed by atoms with Gasteiger partial charge in [0.25, 0.3) is 5.91 Å². The molecule has 1 amide bonds. The minimum absolute atomic E-state index is 0.159. The van der Waals surface area contributed by atoms with E-state index in [1.165, 1.54) is 0 Å². The van der Waals surface area contributed by atoms with E-state index in [0.29, 0.717) is 17.2 Å². The maximum atomic E-state index is 12.2. The summed E-state index contributed by atoms with van der Waals surface area (Å²) < 4.78 is 1.55. The normalized spacial score (nSPS) is 17.1. The summed E-state index contributed by atoms with van der Waals surface area (Å²) in [6, 6.07) is 6.17. The number of rotatable bonds is 2. The van der Waals surface area contributed by atoms with Crippen LogP contribution in [0.5, 0.6) is 5.75 Å². The largest absolute Gasteiger partial charge is 0.508 e. The van der Waals surface area contributed by atoms with Crippen LogP contribution in [-0.2, 0) is 4.79 Å². The first-order chi connectivity index (χ1) is 10.1. The van der Waals surface area contributed by atoms with Gasteiger partial charge in [-0.25, -0.2) is 0 Å². The van der Waals surface area contributed by atoms with Crippen molar-refractivity contribution in [1.82, 2.24) is 25.5 Å². The lowest BCUT2D eigenvalue weighted by Crippen LogP contribution is -2.33. The molecule has 0 bridgehead atoms. The first kappa shape index (κ1) is 13.1. The van der Waals surface area contributed by atoms with Gasteiger partial charge in [0.05, 0.1) is 5.57 Å². The average molecular weight is 286 g/mol. The van der Waals surface area contributed by atoms with E-state index in [1.807, 2.05) is 0 Å². The number of amides is 1. The van der Waals surface area contributed by atoms with E-state index in [9.17, 15) is 9.90 Å². The van der Waals surface area contributed by atoms with Crippen LogP contribution in [0.1, 0.15) is 18.5 Å². The highest BCUT2D eigenvalue weighted by atomic mass is 16.3. The lowest BCUT2D eigenvalue weighted by atomic mass is 9.95. The monoisotopic (exact) mass is 286 g/mol. The Morgan fingerprint density at radius 2 is 2.10 bits per heavy atom. The number of phenols is 1. The molecule has 21 heavy (non-hydrogen) atoms. The number of nitrogens with zero attached hydrogens (tertiary/aromatic N) is 4.